The molecule has 0 bridgehead atoms. The molecular weight excluding hydrogens is 376 g/mol. The van der Waals surface area contributed by atoms with Gasteiger partial charge in [0.2, 0.25) is 0 Å². The number of nitrogens with zero attached hydrogens (tertiary/aromatic N) is 4. The summed E-state index contributed by atoms with van der Waals surface area (Å²) in [7, 11) is 2.09. The van der Waals surface area contributed by atoms with Crippen LogP contribution in [0.15, 0.2) is 18.2 Å². The first-order valence-corrected chi connectivity index (χ1v) is 11.6. The van der Waals surface area contributed by atoms with Crippen molar-refractivity contribution in [1.29, 1.82) is 0 Å². The number of aromatic nitrogens is 2. The molecular formula is C23H36N6O. The lowest BCUT2D eigenvalue weighted by Crippen LogP contribution is -2.46. The Bertz CT molecular complexity index is 849. The van der Waals surface area contributed by atoms with Crippen LogP contribution in [-0.2, 0) is 13.5 Å². The third-order valence-corrected chi connectivity index (χ3v) is 6.74. The van der Waals surface area contributed by atoms with Crippen molar-refractivity contribution in [2.75, 3.05) is 44.6 Å². The first-order chi connectivity index (χ1) is 14.6. The van der Waals surface area contributed by atoms with Gasteiger partial charge in [0.05, 0.1) is 11.0 Å². The Hall–Kier alpha value is -2.12. The molecule has 1 saturated carbocycles. The highest BCUT2D eigenvalue weighted by Gasteiger charge is 2.18. The minimum atomic E-state index is -0.108. The molecule has 2 aromatic rings. The lowest BCUT2D eigenvalue weighted by molar-refractivity contribution is 0.138. The fourth-order valence-corrected chi connectivity index (χ4v) is 4.74. The highest BCUT2D eigenvalue weighted by Crippen LogP contribution is 2.21. The number of urea groups is 1. The van der Waals surface area contributed by atoms with E-state index in [2.05, 4.69) is 45.0 Å². The van der Waals surface area contributed by atoms with Crippen LogP contribution in [0.3, 0.4) is 0 Å². The molecule has 2 amide bonds. The monoisotopic (exact) mass is 412 g/mol. The van der Waals surface area contributed by atoms with E-state index in [1.807, 2.05) is 12.1 Å². The normalized spacial score (nSPS) is 19.3. The molecule has 7 nitrogen and oxygen atoms in total. The summed E-state index contributed by atoms with van der Waals surface area (Å²) in [6, 6.07) is 6.21. The second-order valence-corrected chi connectivity index (χ2v) is 8.75. The number of carbonyl (C=O) groups is 1. The molecule has 0 radical (unpaired) electrons. The van der Waals surface area contributed by atoms with Crippen LogP contribution in [0, 0.1) is 0 Å². The van der Waals surface area contributed by atoms with Crippen LogP contribution in [-0.4, -0.2) is 70.7 Å². The summed E-state index contributed by atoms with van der Waals surface area (Å²) in [5.74, 6) is 1.10. The fourth-order valence-electron chi connectivity index (χ4n) is 4.74. The quantitative estimate of drug-likeness (QED) is 0.765. The number of fused-ring (bicyclic) bond motifs is 1. The topological polar surface area (TPSA) is 65.4 Å². The molecule has 30 heavy (non-hydrogen) atoms. The largest absolute Gasteiger partial charge is 0.335 e. The third-order valence-electron chi connectivity index (χ3n) is 6.74. The number of carbonyl (C=O) groups excluding carboxylic acids is 1. The minimum absolute atomic E-state index is 0.108. The molecule has 1 aliphatic heterocycles. The molecule has 1 aromatic heterocycles. The lowest BCUT2D eigenvalue weighted by Gasteiger charge is -2.33. The number of rotatable bonds is 6. The zero-order valence-corrected chi connectivity index (χ0v) is 18.5. The van der Waals surface area contributed by atoms with E-state index in [0.29, 0.717) is 6.04 Å². The molecule has 2 heterocycles. The van der Waals surface area contributed by atoms with Gasteiger partial charge in [0.25, 0.3) is 0 Å². The summed E-state index contributed by atoms with van der Waals surface area (Å²) >= 11 is 0. The van der Waals surface area contributed by atoms with Gasteiger partial charge in [0.15, 0.2) is 0 Å². The molecule has 0 atom stereocenters. The van der Waals surface area contributed by atoms with Crippen molar-refractivity contribution >= 4 is 22.8 Å². The second-order valence-electron chi connectivity index (χ2n) is 8.75. The Labute approximate surface area is 179 Å². The zero-order valence-electron chi connectivity index (χ0n) is 18.5. The minimum Gasteiger partial charge on any atom is -0.335 e. The predicted molar refractivity (Wildman–Crippen MR) is 122 cm³/mol. The maximum Gasteiger partial charge on any atom is 0.319 e. The number of imidazole rings is 1. The maximum atomic E-state index is 12.4. The molecule has 0 unspecified atom stereocenters. The van der Waals surface area contributed by atoms with Crippen molar-refractivity contribution in [2.24, 2.45) is 7.05 Å². The maximum absolute atomic E-state index is 12.4. The van der Waals surface area contributed by atoms with Gasteiger partial charge in [-0.2, -0.15) is 0 Å². The molecule has 2 fully saturated rings. The van der Waals surface area contributed by atoms with E-state index in [9.17, 15) is 4.79 Å². The summed E-state index contributed by atoms with van der Waals surface area (Å²) in [4.78, 5) is 22.3. The molecule has 2 N–H and O–H groups in total. The van der Waals surface area contributed by atoms with Crippen LogP contribution in [0.4, 0.5) is 10.5 Å². The standard InChI is InChI=1S/C23H36N6O/c1-3-28-13-15-29(16-14-28)12-11-22-26-20-17-19(9-10-21(20)27(22)2)25-23(30)24-18-7-5-4-6-8-18/h9-10,17-18H,3-8,11-16H2,1-2H3,(H2,24,25,30). The fraction of sp³-hybridized carbons (Fsp3) is 0.652. The van der Waals surface area contributed by atoms with Crippen molar-refractivity contribution in [3.05, 3.63) is 24.0 Å². The van der Waals surface area contributed by atoms with E-state index in [1.54, 1.807) is 0 Å². The molecule has 4 rings (SSSR count). The van der Waals surface area contributed by atoms with Gasteiger partial charge in [-0.1, -0.05) is 26.2 Å². The summed E-state index contributed by atoms with van der Waals surface area (Å²) < 4.78 is 2.18. The van der Waals surface area contributed by atoms with Gasteiger partial charge < -0.3 is 25.0 Å². The summed E-state index contributed by atoms with van der Waals surface area (Å²) in [6.07, 6.45) is 6.83. The molecule has 1 aliphatic carbocycles. The second kappa shape index (κ2) is 9.79. The first kappa shape index (κ1) is 21.1. The van der Waals surface area contributed by atoms with Crippen LogP contribution in [0.2, 0.25) is 0 Å². The average Bonchev–Trinajstić information content (AvgIpc) is 3.08. The van der Waals surface area contributed by atoms with Crippen LogP contribution >= 0.6 is 0 Å². The Morgan fingerprint density at radius 1 is 1.10 bits per heavy atom. The smallest absolute Gasteiger partial charge is 0.319 e. The molecule has 2 aliphatic rings. The summed E-state index contributed by atoms with van der Waals surface area (Å²) in [6.45, 7) is 9.03. The Morgan fingerprint density at radius 3 is 2.57 bits per heavy atom. The van der Waals surface area contributed by atoms with E-state index in [1.165, 1.54) is 19.3 Å². The molecule has 1 aromatic carbocycles. The highest BCUT2D eigenvalue weighted by molar-refractivity contribution is 5.92. The van der Waals surface area contributed by atoms with Crippen molar-refractivity contribution in [3.63, 3.8) is 0 Å². The number of benzene rings is 1. The van der Waals surface area contributed by atoms with Crippen LogP contribution in [0.5, 0.6) is 0 Å². The van der Waals surface area contributed by atoms with E-state index in [4.69, 9.17) is 4.98 Å². The van der Waals surface area contributed by atoms with Gasteiger partial charge in [-0.15, -0.1) is 0 Å². The van der Waals surface area contributed by atoms with Crippen molar-refractivity contribution in [1.82, 2.24) is 24.7 Å². The van der Waals surface area contributed by atoms with Gasteiger partial charge in [-0.25, -0.2) is 9.78 Å². The van der Waals surface area contributed by atoms with Crippen molar-refractivity contribution in [3.8, 4) is 0 Å². The zero-order chi connectivity index (χ0) is 20.9. The summed E-state index contributed by atoms with van der Waals surface area (Å²) in [5.41, 5.74) is 2.86. The number of aryl methyl sites for hydroxylation is 1. The van der Waals surface area contributed by atoms with Gasteiger partial charge in [-0.05, 0) is 37.6 Å². The highest BCUT2D eigenvalue weighted by atomic mass is 16.2. The van der Waals surface area contributed by atoms with Gasteiger partial charge in [-0.3, -0.25) is 0 Å². The number of hydrogen-bond donors (Lipinski definition) is 2. The Morgan fingerprint density at radius 2 is 1.83 bits per heavy atom. The third kappa shape index (κ3) is 5.13. The number of hydrogen-bond acceptors (Lipinski definition) is 4. The molecule has 1 saturated heterocycles. The van der Waals surface area contributed by atoms with Crippen LogP contribution in [0.25, 0.3) is 11.0 Å². The van der Waals surface area contributed by atoms with E-state index in [0.717, 1.165) is 81.1 Å². The average molecular weight is 413 g/mol. The SMILES string of the molecule is CCN1CCN(CCc2nc3cc(NC(=O)NC4CCCCC4)ccc3n2C)CC1. The number of anilines is 1. The van der Waals surface area contributed by atoms with E-state index in [-0.39, 0.29) is 6.03 Å². The summed E-state index contributed by atoms with van der Waals surface area (Å²) in [5, 5.41) is 6.10. The van der Waals surface area contributed by atoms with Crippen LogP contribution < -0.4 is 10.6 Å². The molecule has 164 valence electrons. The molecule has 7 heteroatoms. The number of piperazine rings is 1. The van der Waals surface area contributed by atoms with Gasteiger partial charge in [0, 0.05) is 57.9 Å². The number of amides is 2. The van der Waals surface area contributed by atoms with Gasteiger partial charge in [0.1, 0.15) is 5.82 Å². The Balaban J connectivity index is 1.34. The van der Waals surface area contributed by atoms with Crippen molar-refractivity contribution in [2.45, 2.75) is 51.5 Å². The van der Waals surface area contributed by atoms with E-state index < -0.39 is 0 Å². The van der Waals surface area contributed by atoms with Crippen LogP contribution in [0.1, 0.15) is 44.9 Å². The predicted octanol–water partition coefficient (Wildman–Crippen LogP) is 3.21. The van der Waals surface area contributed by atoms with Crippen molar-refractivity contribution < 1.29 is 4.79 Å². The van der Waals surface area contributed by atoms with Gasteiger partial charge >= 0.3 is 6.03 Å². The molecule has 0 spiro atoms. The van der Waals surface area contributed by atoms with E-state index >= 15 is 0 Å². The number of likely N-dealkylation sites (N-methyl/N-ethyl adjacent to an activating group) is 1. The Kier molecular flexibility index (Phi) is 6.89. The first-order valence-electron chi connectivity index (χ1n) is 11.6. The lowest BCUT2D eigenvalue weighted by atomic mass is 9.96. The number of nitrogens with one attached hydrogen (secondary N) is 2.